The van der Waals surface area contributed by atoms with Gasteiger partial charge in [-0.2, -0.15) is 0 Å². The fourth-order valence-electron chi connectivity index (χ4n) is 2.98. The first-order valence-corrected chi connectivity index (χ1v) is 12.5. The van der Waals surface area contributed by atoms with E-state index in [0.717, 1.165) is 4.88 Å². The molecule has 0 spiro atoms. The van der Waals surface area contributed by atoms with Crippen molar-refractivity contribution in [3.8, 4) is 5.75 Å². The van der Waals surface area contributed by atoms with Gasteiger partial charge in [-0.1, -0.05) is 35.0 Å². The summed E-state index contributed by atoms with van der Waals surface area (Å²) in [6.07, 6.45) is -0.434. The molecule has 176 valence electrons. The number of hydrogen-bond donors (Lipinski definition) is 1. The number of esters is 1. The Bertz CT molecular complexity index is 1170. The third-order valence-electron chi connectivity index (χ3n) is 4.47. The molecule has 1 N–H and O–H groups in total. The van der Waals surface area contributed by atoms with E-state index in [2.05, 4.69) is 15.5 Å². The van der Waals surface area contributed by atoms with Crippen molar-refractivity contribution in [2.24, 2.45) is 0 Å². The van der Waals surface area contributed by atoms with E-state index in [1.165, 1.54) is 30.2 Å². The third-order valence-corrected chi connectivity index (χ3v) is 6.93. The number of benzene rings is 1. The molecule has 0 bridgehead atoms. The van der Waals surface area contributed by atoms with E-state index in [1.807, 2.05) is 25.3 Å². The zero-order chi connectivity index (χ0) is 24.1. The first-order valence-electron chi connectivity index (χ1n) is 9.89. The summed E-state index contributed by atoms with van der Waals surface area (Å²) in [4.78, 5) is 25.3. The number of halogens is 2. The van der Waals surface area contributed by atoms with Crippen LogP contribution in [0.4, 0.5) is 5.00 Å². The highest BCUT2D eigenvalue weighted by atomic mass is 35.5. The number of carbonyl (C=O) groups is 2. The predicted octanol–water partition coefficient (Wildman–Crippen LogP) is 5.63. The molecule has 1 amide bonds. The van der Waals surface area contributed by atoms with Crippen molar-refractivity contribution >= 4 is 63.2 Å². The highest BCUT2D eigenvalue weighted by Gasteiger charge is 2.21. The molecule has 0 aliphatic heterocycles. The minimum Gasteiger partial charge on any atom is -0.481 e. The number of nitrogens with zero attached hydrogens (tertiary/aromatic N) is 3. The van der Waals surface area contributed by atoms with Crippen LogP contribution in [0.3, 0.4) is 0 Å². The molecule has 0 aliphatic carbocycles. The number of amides is 1. The van der Waals surface area contributed by atoms with Gasteiger partial charge in [0.05, 0.1) is 23.4 Å². The molecule has 1 aromatic carbocycles. The molecule has 3 rings (SSSR count). The van der Waals surface area contributed by atoms with E-state index < -0.39 is 12.1 Å². The monoisotopic (exact) mass is 528 g/mol. The summed E-state index contributed by atoms with van der Waals surface area (Å²) in [7, 11) is 1.30. The zero-order valence-electron chi connectivity index (χ0n) is 18.3. The average Bonchev–Trinajstić information content (AvgIpc) is 3.36. The summed E-state index contributed by atoms with van der Waals surface area (Å²) >= 11 is 14.7. The molecule has 2 heterocycles. The van der Waals surface area contributed by atoms with E-state index in [9.17, 15) is 9.59 Å². The first-order chi connectivity index (χ1) is 15.7. The van der Waals surface area contributed by atoms with Crippen molar-refractivity contribution in [3.63, 3.8) is 0 Å². The van der Waals surface area contributed by atoms with Crippen molar-refractivity contribution in [2.45, 2.75) is 38.6 Å². The molecule has 0 aliphatic rings. The summed E-state index contributed by atoms with van der Waals surface area (Å²) in [5.41, 5.74) is 0.337. The summed E-state index contributed by atoms with van der Waals surface area (Å²) in [5, 5.41) is 13.2. The van der Waals surface area contributed by atoms with Gasteiger partial charge in [0, 0.05) is 16.4 Å². The van der Waals surface area contributed by atoms with Gasteiger partial charge in [-0.25, -0.2) is 4.79 Å². The largest absolute Gasteiger partial charge is 0.481 e. The van der Waals surface area contributed by atoms with Gasteiger partial charge in [0.25, 0.3) is 0 Å². The Morgan fingerprint density at radius 1 is 1.27 bits per heavy atom. The second kappa shape index (κ2) is 11.2. The number of hydrogen-bond acceptors (Lipinski definition) is 8. The molecule has 33 heavy (non-hydrogen) atoms. The lowest BCUT2D eigenvalue weighted by Gasteiger charge is -2.16. The Morgan fingerprint density at radius 2 is 2.03 bits per heavy atom. The SMILES string of the molecule is CCn1c(SCC(=O)Nc2sc(C)cc2C(=O)OC)nnc1C(C)Oc1ccc(Cl)cc1Cl. The number of thiophene rings is 1. The van der Waals surface area contributed by atoms with Crippen molar-refractivity contribution in [1.82, 2.24) is 14.8 Å². The van der Waals surface area contributed by atoms with Crippen LogP contribution in [0.1, 0.15) is 41.0 Å². The maximum atomic E-state index is 12.5. The number of aromatic nitrogens is 3. The van der Waals surface area contributed by atoms with Crippen molar-refractivity contribution < 1.29 is 19.1 Å². The summed E-state index contributed by atoms with van der Waals surface area (Å²) in [6.45, 7) is 6.24. The second-order valence-corrected chi connectivity index (χ2v) is 9.89. The lowest BCUT2D eigenvalue weighted by Crippen LogP contribution is -2.16. The number of thioether (sulfide) groups is 1. The van der Waals surface area contributed by atoms with Crippen LogP contribution >= 0.6 is 46.3 Å². The second-order valence-electron chi connectivity index (χ2n) is 6.85. The molecular weight excluding hydrogens is 507 g/mol. The zero-order valence-corrected chi connectivity index (χ0v) is 21.5. The minimum absolute atomic E-state index is 0.0912. The number of rotatable bonds is 9. The van der Waals surface area contributed by atoms with Crippen molar-refractivity contribution in [1.29, 1.82) is 0 Å². The van der Waals surface area contributed by atoms with Gasteiger partial charge in [0.15, 0.2) is 17.1 Å². The maximum absolute atomic E-state index is 12.5. The summed E-state index contributed by atoms with van der Waals surface area (Å²) in [5.74, 6) is 0.422. The molecule has 0 saturated carbocycles. The smallest absolute Gasteiger partial charge is 0.340 e. The number of nitrogens with one attached hydrogen (secondary N) is 1. The molecule has 3 aromatic rings. The highest BCUT2D eigenvalue weighted by Crippen LogP contribution is 2.32. The van der Waals surface area contributed by atoms with Crippen molar-refractivity contribution in [3.05, 3.63) is 50.6 Å². The summed E-state index contributed by atoms with van der Waals surface area (Å²) < 4.78 is 12.6. The highest BCUT2D eigenvalue weighted by molar-refractivity contribution is 7.99. The first kappa shape index (κ1) is 25.4. The van der Waals surface area contributed by atoms with E-state index >= 15 is 0 Å². The lowest BCUT2D eigenvalue weighted by molar-refractivity contribution is -0.113. The van der Waals surface area contributed by atoms with Crippen LogP contribution < -0.4 is 10.1 Å². The summed E-state index contributed by atoms with van der Waals surface area (Å²) in [6, 6.07) is 6.69. The van der Waals surface area contributed by atoms with Gasteiger partial charge < -0.3 is 19.4 Å². The van der Waals surface area contributed by atoms with Crippen LogP contribution in [0.25, 0.3) is 0 Å². The molecule has 12 heteroatoms. The van der Waals surface area contributed by atoms with Gasteiger partial charge in [-0.3, -0.25) is 4.79 Å². The van der Waals surface area contributed by atoms with Gasteiger partial charge in [-0.05, 0) is 45.0 Å². The molecule has 0 fully saturated rings. The number of methoxy groups -OCH3 is 1. The average molecular weight is 529 g/mol. The van der Waals surface area contributed by atoms with E-state index in [-0.39, 0.29) is 11.7 Å². The van der Waals surface area contributed by atoms with Crippen LogP contribution in [0.2, 0.25) is 10.0 Å². The van der Waals surface area contributed by atoms with Crippen LogP contribution in [-0.4, -0.2) is 39.5 Å². The van der Waals surface area contributed by atoms with E-state index in [1.54, 1.807) is 24.3 Å². The molecule has 2 aromatic heterocycles. The Labute approximate surface area is 209 Å². The van der Waals surface area contributed by atoms with Crippen LogP contribution in [0.15, 0.2) is 29.4 Å². The molecule has 0 saturated heterocycles. The molecule has 0 radical (unpaired) electrons. The van der Waals surface area contributed by atoms with Gasteiger partial charge >= 0.3 is 5.97 Å². The number of carbonyl (C=O) groups excluding carboxylic acids is 2. The third kappa shape index (κ3) is 6.20. The van der Waals surface area contributed by atoms with E-state index in [0.29, 0.717) is 43.9 Å². The standard InChI is InChI=1S/C21H22Cl2N4O4S2/c1-5-27-18(12(3)31-16-7-6-13(22)9-15(16)23)25-26-21(27)32-10-17(28)24-19-14(20(29)30-4)8-11(2)33-19/h6-9,12H,5,10H2,1-4H3,(H,24,28). The Balaban J connectivity index is 1.66. The fraction of sp³-hybridized carbons (Fsp3) is 0.333. The van der Waals surface area contributed by atoms with Crippen LogP contribution in [0, 0.1) is 6.92 Å². The number of ether oxygens (including phenoxy) is 2. The van der Waals surface area contributed by atoms with Crippen LogP contribution in [-0.2, 0) is 16.1 Å². The predicted molar refractivity (Wildman–Crippen MR) is 131 cm³/mol. The quantitative estimate of drug-likeness (QED) is 0.284. The maximum Gasteiger partial charge on any atom is 0.340 e. The van der Waals surface area contributed by atoms with Crippen LogP contribution in [0.5, 0.6) is 5.75 Å². The van der Waals surface area contributed by atoms with Crippen molar-refractivity contribution in [2.75, 3.05) is 18.2 Å². The Kier molecular flexibility index (Phi) is 8.63. The number of aryl methyl sites for hydroxylation is 1. The lowest BCUT2D eigenvalue weighted by atomic mass is 10.3. The fourth-order valence-corrected chi connectivity index (χ4v) is 5.16. The topological polar surface area (TPSA) is 95.3 Å². The van der Waals surface area contributed by atoms with Gasteiger partial charge in [-0.15, -0.1) is 21.5 Å². The number of anilines is 1. The normalized spacial score (nSPS) is 11.8. The Hall–Kier alpha value is -2.27. The molecule has 8 nitrogen and oxygen atoms in total. The van der Waals surface area contributed by atoms with Gasteiger partial charge in [0.1, 0.15) is 10.8 Å². The molecular formula is C21H22Cl2N4O4S2. The molecule has 1 atom stereocenters. The minimum atomic E-state index is -0.493. The Morgan fingerprint density at radius 3 is 2.70 bits per heavy atom. The van der Waals surface area contributed by atoms with E-state index in [4.69, 9.17) is 32.7 Å². The molecule has 1 unspecified atom stereocenters. The van der Waals surface area contributed by atoms with Gasteiger partial charge in [0.2, 0.25) is 5.91 Å².